The smallest absolute Gasteiger partial charge is 0.239 e. The quantitative estimate of drug-likeness (QED) is 0.0925. The van der Waals surface area contributed by atoms with Crippen LogP contribution < -0.4 is 10.2 Å². The van der Waals surface area contributed by atoms with Crippen molar-refractivity contribution in [3.63, 3.8) is 0 Å². The molecule has 0 radical (unpaired) electrons. The number of benzene rings is 2. The van der Waals surface area contributed by atoms with Gasteiger partial charge in [0.25, 0.3) is 0 Å². The summed E-state index contributed by atoms with van der Waals surface area (Å²) in [6.45, 7) is -0.209. The van der Waals surface area contributed by atoms with Crippen LogP contribution in [0.3, 0.4) is 0 Å². The van der Waals surface area contributed by atoms with Gasteiger partial charge in [0, 0.05) is 17.7 Å². The Hall–Kier alpha value is -3.91. The Morgan fingerprint density at radius 3 is 2.00 bits per heavy atom. The van der Waals surface area contributed by atoms with E-state index in [2.05, 4.69) is 0 Å². The molecule has 0 aliphatic carbocycles. The molecule has 6 unspecified atom stereocenters. The molecule has 0 spiro atoms. The molecule has 54 heavy (non-hydrogen) atoms. The third-order valence-electron chi connectivity index (χ3n) is 9.41. The van der Waals surface area contributed by atoms with Crippen molar-refractivity contribution in [3.8, 4) is 40.1 Å². The molecule has 3 aromatic rings. The Morgan fingerprint density at radius 1 is 0.667 bits per heavy atom. The van der Waals surface area contributed by atoms with E-state index in [1.54, 1.807) is 0 Å². The Bertz CT molecular complexity index is 1850. The van der Waals surface area contributed by atoms with E-state index in [9.17, 15) is 71.2 Å². The molecule has 13 N–H and O–H groups in total. The number of aliphatic hydroxyl groups is 9. The lowest BCUT2D eigenvalue weighted by molar-refractivity contribution is -0.362. The molecule has 21 nitrogen and oxygen atoms in total. The van der Waals surface area contributed by atoms with Gasteiger partial charge in [0.2, 0.25) is 17.5 Å². The highest BCUT2D eigenvalue weighted by molar-refractivity contribution is 5.88. The highest BCUT2D eigenvalue weighted by atomic mass is 16.8. The first-order chi connectivity index (χ1) is 25.5. The molecule has 3 aliphatic heterocycles. The minimum absolute atomic E-state index is 0.122. The number of rotatable bonds is 9. The average molecular weight is 773 g/mol. The number of aromatic hydroxyl groups is 4. The van der Waals surface area contributed by atoms with Crippen LogP contribution in [-0.2, 0) is 23.7 Å². The number of fused-ring (bicyclic) bond motifs is 1. The van der Waals surface area contributed by atoms with E-state index in [1.807, 2.05) is 0 Å². The molecular formula is C33H40O21. The molecule has 21 heteroatoms. The van der Waals surface area contributed by atoms with Gasteiger partial charge in [-0.15, -0.1) is 0 Å². The first-order valence-electron chi connectivity index (χ1n) is 16.5. The van der Waals surface area contributed by atoms with Crippen molar-refractivity contribution >= 4 is 11.0 Å². The van der Waals surface area contributed by atoms with E-state index in [4.69, 9.17) is 32.8 Å². The van der Waals surface area contributed by atoms with E-state index >= 15 is 0 Å². The second kappa shape index (κ2) is 15.7. The van der Waals surface area contributed by atoms with Gasteiger partial charge in [-0.3, -0.25) is 4.79 Å². The van der Waals surface area contributed by atoms with Gasteiger partial charge in [0.05, 0.1) is 19.3 Å². The lowest BCUT2D eigenvalue weighted by atomic mass is 9.97. The first-order valence-corrected chi connectivity index (χ1v) is 16.5. The summed E-state index contributed by atoms with van der Waals surface area (Å²) in [6, 6.07) is 5.00. The number of phenols is 4. The summed E-state index contributed by atoms with van der Waals surface area (Å²) in [5.41, 5.74) is -1.62. The summed E-state index contributed by atoms with van der Waals surface area (Å²) in [7, 11) is 0. The fourth-order valence-corrected chi connectivity index (χ4v) is 6.30. The molecule has 0 bridgehead atoms. The maximum Gasteiger partial charge on any atom is 0.239 e. The fraction of sp³-hybridized carbons (Fsp3) is 0.545. The van der Waals surface area contributed by atoms with Crippen LogP contribution in [0.4, 0.5) is 0 Å². The number of ether oxygens (including phenoxy) is 6. The molecule has 298 valence electrons. The Balaban J connectivity index is 1.40. The van der Waals surface area contributed by atoms with Gasteiger partial charge < -0.3 is 99.2 Å². The van der Waals surface area contributed by atoms with Crippen molar-refractivity contribution < 1.29 is 99.2 Å². The summed E-state index contributed by atoms with van der Waals surface area (Å²) in [5.74, 6) is -3.82. The van der Waals surface area contributed by atoms with E-state index < -0.39 is 151 Å². The second-order valence-electron chi connectivity index (χ2n) is 13.1. The second-order valence-corrected chi connectivity index (χ2v) is 13.1. The molecule has 0 amide bonds. The van der Waals surface area contributed by atoms with E-state index in [-0.39, 0.29) is 11.1 Å². The van der Waals surface area contributed by atoms with Gasteiger partial charge in [-0.2, -0.15) is 0 Å². The van der Waals surface area contributed by atoms with Crippen LogP contribution in [0.25, 0.3) is 22.3 Å². The monoisotopic (exact) mass is 772 g/mol. The van der Waals surface area contributed by atoms with Gasteiger partial charge in [0.15, 0.2) is 35.9 Å². The van der Waals surface area contributed by atoms with Crippen molar-refractivity contribution in [2.45, 2.75) is 99.0 Å². The molecule has 1 aromatic heterocycles. The Labute approximate surface area is 303 Å². The normalized spacial score (nSPS) is 37.3. The van der Waals surface area contributed by atoms with Crippen LogP contribution in [0.1, 0.15) is 6.92 Å². The van der Waals surface area contributed by atoms with Crippen LogP contribution in [0, 0.1) is 0 Å². The zero-order chi connectivity index (χ0) is 39.3. The molecular weight excluding hydrogens is 732 g/mol. The highest BCUT2D eigenvalue weighted by Crippen LogP contribution is 2.40. The van der Waals surface area contributed by atoms with Crippen LogP contribution in [0.15, 0.2) is 39.5 Å². The SMILES string of the molecule is CC1O[C@@H](OCC2O[C@@H](Oc3c(-c4ccc(O)c(O)c4)oc4cc(O)cc(O)c4c3=O)C(O[C@@H]3OC(CO)[C@@H](O)[C@@H](O)C3O)[C@H](O)[C@@H]2O)C(O)[C@@H](O)[C@H]1O. The number of aliphatic hydroxyl groups excluding tert-OH is 9. The van der Waals surface area contributed by atoms with Crippen LogP contribution in [0.5, 0.6) is 28.7 Å². The van der Waals surface area contributed by atoms with Gasteiger partial charge >= 0.3 is 0 Å². The number of hydrogen-bond donors (Lipinski definition) is 13. The van der Waals surface area contributed by atoms with Crippen molar-refractivity contribution in [1.82, 2.24) is 0 Å². The first kappa shape index (κ1) is 39.8. The predicted molar refractivity (Wildman–Crippen MR) is 173 cm³/mol. The summed E-state index contributed by atoms with van der Waals surface area (Å²) in [6.07, 6.45) is -26.6. The molecule has 15 atom stereocenters. The largest absolute Gasteiger partial charge is 0.508 e. The summed E-state index contributed by atoms with van der Waals surface area (Å²) < 4.78 is 39.8. The molecule has 6 rings (SSSR count). The maximum atomic E-state index is 14.1. The van der Waals surface area contributed by atoms with E-state index in [0.29, 0.717) is 0 Å². The predicted octanol–water partition coefficient (Wildman–Crippen LogP) is -3.86. The third-order valence-corrected chi connectivity index (χ3v) is 9.41. The van der Waals surface area contributed by atoms with E-state index in [1.165, 1.54) is 13.0 Å². The lowest BCUT2D eigenvalue weighted by Gasteiger charge is -2.46. The lowest BCUT2D eigenvalue weighted by Crippen LogP contribution is -2.65. The van der Waals surface area contributed by atoms with Crippen LogP contribution in [0.2, 0.25) is 0 Å². The standard InChI is InChI=1S/C33H40O21/c1-9-19(39)23(43)26(46)31(49-9)48-8-17-21(41)25(45)30(54-32-27(47)24(44)20(40)16(7-34)51-32)33(52-17)53-29-22(42)18-14(38)5-11(35)6-15(18)50-28(29)10-2-3-12(36)13(37)4-10/h2-6,9,16-17,19-21,23-27,30-41,43-47H,7-8H2,1H3/t9?,16?,17?,19-,20+,21+,23-,24+,25+,26?,27?,30?,31+,32-,33-/m0/s1. The minimum Gasteiger partial charge on any atom is -0.508 e. The van der Waals surface area contributed by atoms with Crippen LogP contribution in [-0.4, -0.2) is 172 Å². The Kier molecular flexibility index (Phi) is 11.5. The number of hydrogen-bond acceptors (Lipinski definition) is 21. The van der Waals surface area contributed by atoms with Crippen molar-refractivity contribution in [1.29, 1.82) is 0 Å². The average Bonchev–Trinajstić information content (AvgIpc) is 3.13. The molecule has 4 heterocycles. The fourth-order valence-electron chi connectivity index (χ4n) is 6.30. The van der Waals surface area contributed by atoms with Crippen molar-refractivity contribution in [2.24, 2.45) is 0 Å². The summed E-state index contributed by atoms with van der Waals surface area (Å²) in [4.78, 5) is 14.1. The third kappa shape index (κ3) is 7.39. The zero-order valence-electron chi connectivity index (χ0n) is 28.0. The molecule has 2 aromatic carbocycles. The minimum atomic E-state index is -2.10. The van der Waals surface area contributed by atoms with Crippen molar-refractivity contribution in [3.05, 3.63) is 40.6 Å². The van der Waals surface area contributed by atoms with Crippen molar-refractivity contribution in [2.75, 3.05) is 13.2 Å². The topological polar surface area (TPSA) is 349 Å². The Morgan fingerprint density at radius 2 is 1.31 bits per heavy atom. The maximum absolute atomic E-state index is 14.1. The summed E-state index contributed by atoms with van der Waals surface area (Å²) >= 11 is 0. The van der Waals surface area contributed by atoms with Gasteiger partial charge in [0.1, 0.15) is 83.5 Å². The van der Waals surface area contributed by atoms with Gasteiger partial charge in [-0.25, -0.2) is 0 Å². The van der Waals surface area contributed by atoms with Crippen LogP contribution >= 0.6 is 0 Å². The molecule has 0 saturated carbocycles. The van der Waals surface area contributed by atoms with E-state index in [0.717, 1.165) is 24.3 Å². The highest BCUT2D eigenvalue weighted by Gasteiger charge is 2.52. The molecule has 3 saturated heterocycles. The molecule has 3 fully saturated rings. The van der Waals surface area contributed by atoms with Gasteiger partial charge in [-0.1, -0.05) is 0 Å². The number of phenolic OH excluding ortho intramolecular Hbond substituents is 4. The zero-order valence-corrected chi connectivity index (χ0v) is 28.0. The summed E-state index contributed by atoms with van der Waals surface area (Å²) in [5, 5.41) is 135. The molecule has 3 aliphatic rings. The van der Waals surface area contributed by atoms with Gasteiger partial charge in [-0.05, 0) is 25.1 Å².